The summed E-state index contributed by atoms with van der Waals surface area (Å²) < 4.78 is 19.7. The lowest BCUT2D eigenvalue weighted by atomic mass is 9.86. The maximum atomic E-state index is 14.1. The molecule has 0 aliphatic heterocycles. The fourth-order valence-electron chi connectivity index (χ4n) is 2.75. The van der Waals surface area contributed by atoms with Crippen LogP contribution < -0.4 is 4.74 Å². The number of hydrogen-bond donors (Lipinski definition) is 0. The van der Waals surface area contributed by atoms with Gasteiger partial charge in [0.2, 0.25) is 0 Å². The largest absolute Gasteiger partial charge is 0.490 e. The molecule has 0 N–H and O–H groups in total. The van der Waals surface area contributed by atoms with Gasteiger partial charge in [-0.1, -0.05) is 40.0 Å². The maximum absolute atomic E-state index is 14.1. The average Bonchev–Trinajstić information content (AvgIpc) is 2.45. The normalized spacial score (nSPS) is 16.8. The third-order valence-electron chi connectivity index (χ3n) is 4.07. The van der Waals surface area contributed by atoms with E-state index >= 15 is 0 Å². The molecule has 1 aromatic rings. The fraction of sp³-hybridized carbons (Fsp3) is 0.611. The van der Waals surface area contributed by atoms with Crippen LogP contribution in [0.1, 0.15) is 63.2 Å². The van der Waals surface area contributed by atoms with E-state index in [9.17, 15) is 9.18 Å². The molecule has 0 aromatic heterocycles. The number of carbonyl (C=O) groups is 1. The van der Waals surface area contributed by atoms with Gasteiger partial charge in [0, 0.05) is 11.0 Å². The lowest BCUT2D eigenvalue weighted by molar-refractivity contribution is 0.0857. The van der Waals surface area contributed by atoms with Crippen molar-refractivity contribution < 1.29 is 13.9 Å². The first-order chi connectivity index (χ1) is 9.88. The SMILES string of the molecule is CC(C)(C)C(=O)c1ccc(OCC2CCCCC2)c(F)c1. The summed E-state index contributed by atoms with van der Waals surface area (Å²) in [6.45, 7) is 6.08. The average molecular weight is 292 g/mol. The van der Waals surface area contributed by atoms with Crippen molar-refractivity contribution in [1.82, 2.24) is 0 Å². The van der Waals surface area contributed by atoms with Gasteiger partial charge in [-0.15, -0.1) is 0 Å². The molecule has 1 saturated carbocycles. The standard InChI is InChI=1S/C18H25FO2/c1-18(2,3)17(20)14-9-10-16(15(19)11-14)21-12-13-7-5-4-6-8-13/h9-11,13H,4-8,12H2,1-3H3. The Morgan fingerprint density at radius 2 is 1.90 bits per heavy atom. The van der Waals surface area contributed by atoms with Crippen LogP contribution in [0, 0.1) is 17.2 Å². The highest BCUT2D eigenvalue weighted by atomic mass is 19.1. The van der Waals surface area contributed by atoms with Crippen LogP contribution in [0.15, 0.2) is 18.2 Å². The van der Waals surface area contributed by atoms with Gasteiger partial charge in [0.1, 0.15) is 0 Å². The van der Waals surface area contributed by atoms with Gasteiger partial charge in [0.15, 0.2) is 17.3 Å². The Bertz CT molecular complexity index is 496. The highest BCUT2D eigenvalue weighted by Gasteiger charge is 2.24. The van der Waals surface area contributed by atoms with E-state index in [4.69, 9.17) is 4.74 Å². The van der Waals surface area contributed by atoms with Gasteiger partial charge < -0.3 is 4.74 Å². The summed E-state index contributed by atoms with van der Waals surface area (Å²) in [6.07, 6.45) is 6.13. The molecule has 1 fully saturated rings. The van der Waals surface area contributed by atoms with Crippen LogP contribution in [0.4, 0.5) is 4.39 Å². The molecule has 21 heavy (non-hydrogen) atoms. The Kier molecular flexibility index (Phi) is 5.02. The summed E-state index contributed by atoms with van der Waals surface area (Å²) in [4.78, 5) is 12.1. The molecule has 0 unspecified atom stereocenters. The van der Waals surface area contributed by atoms with Gasteiger partial charge in [0.05, 0.1) is 6.61 Å². The van der Waals surface area contributed by atoms with E-state index in [-0.39, 0.29) is 11.5 Å². The van der Waals surface area contributed by atoms with Gasteiger partial charge >= 0.3 is 0 Å². The van der Waals surface area contributed by atoms with Crippen molar-refractivity contribution in [1.29, 1.82) is 0 Å². The minimum Gasteiger partial charge on any atom is -0.490 e. The molecule has 2 nitrogen and oxygen atoms in total. The fourth-order valence-corrected chi connectivity index (χ4v) is 2.75. The van der Waals surface area contributed by atoms with Crippen molar-refractivity contribution in [3.8, 4) is 5.75 Å². The van der Waals surface area contributed by atoms with Gasteiger partial charge in [-0.2, -0.15) is 0 Å². The van der Waals surface area contributed by atoms with E-state index in [2.05, 4.69) is 0 Å². The Morgan fingerprint density at radius 1 is 1.24 bits per heavy atom. The van der Waals surface area contributed by atoms with Gasteiger partial charge in [-0.3, -0.25) is 4.79 Å². The number of hydrogen-bond acceptors (Lipinski definition) is 2. The summed E-state index contributed by atoms with van der Waals surface area (Å²) in [5.41, 5.74) is -0.0956. The van der Waals surface area contributed by atoms with Crippen LogP contribution in [-0.2, 0) is 0 Å². The number of ketones is 1. The second-order valence-corrected chi connectivity index (χ2v) is 7.04. The van der Waals surface area contributed by atoms with Crippen molar-refractivity contribution in [3.05, 3.63) is 29.6 Å². The molecule has 1 aliphatic rings. The summed E-state index contributed by atoms with van der Waals surface area (Å²) >= 11 is 0. The predicted molar refractivity (Wildman–Crippen MR) is 82.3 cm³/mol. The Balaban J connectivity index is 2.00. The van der Waals surface area contributed by atoms with Gasteiger partial charge in [-0.25, -0.2) is 4.39 Å². The molecular formula is C18H25FO2. The van der Waals surface area contributed by atoms with Gasteiger partial charge in [-0.05, 0) is 37.0 Å². The molecule has 0 spiro atoms. The zero-order valence-electron chi connectivity index (χ0n) is 13.2. The Labute approximate surface area is 126 Å². The van der Waals surface area contributed by atoms with Crippen LogP contribution in [0.3, 0.4) is 0 Å². The lowest BCUT2D eigenvalue weighted by Gasteiger charge is -2.22. The summed E-state index contributed by atoms with van der Waals surface area (Å²) in [6, 6.07) is 4.54. The molecule has 1 aliphatic carbocycles. The molecule has 3 heteroatoms. The predicted octanol–water partition coefficient (Wildman–Crippen LogP) is 5.01. The zero-order chi connectivity index (χ0) is 15.5. The monoisotopic (exact) mass is 292 g/mol. The van der Waals surface area contributed by atoms with Crippen LogP contribution in [0.5, 0.6) is 5.75 Å². The van der Waals surface area contributed by atoms with Crippen molar-refractivity contribution >= 4 is 5.78 Å². The van der Waals surface area contributed by atoms with E-state index in [0.29, 0.717) is 18.1 Å². The second kappa shape index (κ2) is 6.59. The molecule has 1 aromatic carbocycles. The van der Waals surface area contributed by atoms with Crippen LogP contribution in [0.2, 0.25) is 0 Å². The van der Waals surface area contributed by atoms with Crippen molar-refractivity contribution in [2.24, 2.45) is 11.3 Å². The Hall–Kier alpha value is -1.38. The topological polar surface area (TPSA) is 26.3 Å². The number of Topliss-reactive ketones (excluding diaryl/α,β-unsaturated/α-hetero) is 1. The van der Waals surface area contributed by atoms with Crippen molar-refractivity contribution in [2.75, 3.05) is 6.61 Å². The van der Waals surface area contributed by atoms with E-state index in [1.807, 2.05) is 20.8 Å². The molecular weight excluding hydrogens is 267 g/mol. The molecule has 0 bridgehead atoms. The summed E-state index contributed by atoms with van der Waals surface area (Å²) in [5, 5.41) is 0. The summed E-state index contributed by atoms with van der Waals surface area (Å²) in [5.74, 6) is 0.293. The van der Waals surface area contributed by atoms with E-state index in [1.165, 1.54) is 38.2 Å². The first kappa shape index (κ1) is 16.0. The molecule has 0 heterocycles. The molecule has 0 atom stereocenters. The van der Waals surface area contributed by atoms with E-state index < -0.39 is 11.2 Å². The maximum Gasteiger partial charge on any atom is 0.168 e. The van der Waals surface area contributed by atoms with Crippen molar-refractivity contribution in [2.45, 2.75) is 52.9 Å². The smallest absolute Gasteiger partial charge is 0.168 e. The number of carbonyl (C=O) groups excluding carboxylic acids is 1. The first-order valence-corrected chi connectivity index (χ1v) is 7.85. The number of halogens is 1. The van der Waals surface area contributed by atoms with Crippen LogP contribution in [0.25, 0.3) is 0 Å². The number of rotatable bonds is 4. The molecule has 0 saturated heterocycles. The highest BCUT2D eigenvalue weighted by Crippen LogP contribution is 2.27. The summed E-state index contributed by atoms with van der Waals surface area (Å²) in [7, 11) is 0. The molecule has 0 radical (unpaired) electrons. The van der Waals surface area contributed by atoms with E-state index in [1.54, 1.807) is 12.1 Å². The second-order valence-electron chi connectivity index (χ2n) is 7.04. The minimum atomic E-state index is -0.503. The lowest BCUT2D eigenvalue weighted by Crippen LogP contribution is -2.20. The zero-order valence-corrected chi connectivity index (χ0v) is 13.2. The van der Waals surface area contributed by atoms with E-state index in [0.717, 1.165) is 0 Å². The quantitative estimate of drug-likeness (QED) is 0.729. The Morgan fingerprint density at radius 3 is 2.48 bits per heavy atom. The molecule has 0 amide bonds. The minimum absolute atomic E-state index is 0.0553. The third-order valence-corrected chi connectivity index (χ3v) is 4.07. The number of benzene rings is 1. The van der Waals surface area contributed by atoms with Gasteiger partial charge in [0.25, 0.3) is 0 Å². The van der Waals surface area contributed by atoms with Crippen LogP contribution in [-0.4, -0.2) is 12.4 Å². The molecule has 116 valence electrons. The molecule has 2 rings (SSSR count). The third kappa shape index (κ3) is 4.29. The van der Waals surface area contributed by atoms with Crippen LogP contribution >= 0.6 is 0 Å². The van der Waals surface area contributed by atoms with Crippen molar-refractivity contribution in [3.63, 3.8) is 0 Å². The first-order valence-electron chi connectivity index (χ1n) is 7.85. The number of ether oxygens (including phenoxy) is 1. The highest BCUT2D eigenvalue weighted by molar-refractivity contribution is 5.99.